The van der Waals surface area contributed by atoms with E-state index < -0.39 is 0 Å². The first kappa shape index (κ1) is 19.5. The second-order valence-electron chi connectivity index (χ2n) is 9.21. The SMILES string of the molecule is CC1(C)c2cc(Br)ccc2-c2ccc(-c3ccc(-c4ccc5ccccc5c4)cc3)cc21. The standard InChI is InChI=1S/C31H23Br/c1-31(2)29-18-25(13-15-27(29)28-16-14-26(32)19-30(28)31)22-9-7-21(8-10-22)24-12-11-20-5-3-4-6-23(20)17-24/h3-19H,1-2H3. The predicted molar refractivity (Wildman–Crippen MR) is 140 cm³/mol. The van der Waals surface area contributed by atoms with E-state index in [2.05, 4.69) is 133 Å². The Labute approximate surface area is 197 Å². The zero-order valence-corrected chi connectivity index (χ0v) is 19.8. The van der Waals surface area contributed by atoms with Crippen molar-refractivity contribution >= 4 is 26.7 Å². The van der Waals surface area contributed by atoms with Crippen molar-refractivity contribution in [2.75, 3.05) is 0 Å². The Morgan fingerprint density at radius 2 is 1.03 bits per heavy atom. The molecule has 0 radical (unpaired) electrons. The third-order valence-corrected chi connectivity index (χ3v) is 7.43. The fourth-order valence-corrected chi connectivity index (χ4v) is 5.47. The second kappa shape index (κ2) is 7.18. The van der Waals surface area contributed by atoms with Crippen LogP contribution in [0.1, 0.15) is 25.0 Å². The van der Waals surface area contributed by atoms with Crippen molar-refractivity contribution in [2.24, 2.45) is 0 Å². The van der Waals surface area contributed by atoms with E-state index in [-0.39, 0.29) is 5.41 Å². The minimum atomic E-state index is -0.00447. The molecule has 0 bridgehead atoms. The van der Waals surface area contributed by atoms with Gasteiger partial charge in [0.05, 0.1) is 0 Å². The first-order valence-corrected chi connectivity index (χ1v) is 11.8. The summed E-state index contributed by atoms with van der Waals surface area (Å²) in [6.07, 6.45) is 0. The van der Waals surface area contributed by atoms with Crippen molar-refractivity contribution in [1.29, 1.82) is 0 Å². The maximum absolute atomic E-state index is 3.65. The quantitative estimate of drug-likeness (QED) is 0.239. The number of halogens is 1. The third kappa shape index (κ3) is 3.04. The van der Waals surface area contributed by atoms with Gasteiger partial charge >= 0.3 is 0 Å². The lowest BCUT2D eigenvalue weighted by atomic mass is 9.81. The van der Waals surface area contributed by atoms with Gasteiger partial charge in [-0.2, -0.15) is 0 Å². The van der Waals surface area contributed by atoms with E-state index >= 15 is 0 Å². The molecule has 0 saturated carbocycles. The highest BCUT2D eigenvalue weighted by molar-refractivity contribution is 9.10. The Balaban J connectivity index is 1.37. The molecule has 0 saturated heterocycles. The molecule has 0 atom stereocenters. The molecule has 1 aliphatic rings. The van der Waals surface area contributed by atoms with Gasteiger partial charge in [0.2, 0.25) is 0 Å². The van der Waals surface area contributed by atoms with Crippen molar-refractivity contribution in [3.63, 3.8) is 0 Å². The molecule has 0 N–H and O–H groups in total. The van der Waals surface area contributed by atoms with Crippen LogP contribution in [0.3, 0.4) is 0 Å². The molecule has 0 nitrogen and oxygen atoms in total. The van der Waals surface area contributed by atoms with Crippen LogP contribution >= 0.6 is 15.9 Å². The van der Waals surface area contributed by atoms with Gasteiger partial charge < -0.3 is 0 Å². The van der Waals surface area contributed by atoms with Crippen molar-refractivity contribution in [3.05, 3.63) is 119 Å². The van der Waals surface area contributed by atoms with E-state index in [1.807, 2.05) is 0 Å². The molecule has 0 unspecified atom stereocenters. The Morgan fingerprint density at radius 1 is 0.500 bits per heavy atom. The molecule has 32 heavy (non-hydrogen) atoms. The summed E-state index contributed by atoms with van der Waals surface area (Å²) in [5.41, 5.74) is 10.5. The van der Waals surface area contributed by atoms with Crippen molar-refractivity contribution in [2.45, 2.75) is 19.3 Å². The van der Waals surface area contributed by atoms with Gasteiger partial charge in [0.1, 0.15) is 0 Å². The van der Waals surface area contributed by atoms with Crippen molar-refractivity contribution < 1.29 is 0 Å². The molecule has 154 valence electrons. The average molecular weight is 475 g/mol. The lowest BCUT2D eigenvalue weighted by Crippen LogP contribution is -2.15. The molecule has 5 aromatic rings. The predicted octanol–water partition coefficient (Wildman–Crippen LogP) is 9.24. The molecule has 1 aliphatic carbocycles. The van der Waals surface area contributed by atoms with E-state index in [0.717, 1.165) is 4.47 Å². The minimum absolute atomic E-state index is 0.00447. The molecular formula is C31H23Br. The fraction of sp³-hybridized carbons (Fsp3) is 0.0968. The third-order valence-electron chi connectivity index (χ3n) is 6.94. The first-order chi connectivity index (χ1) is 15.5. The summed E-state index contributed by atoms with van der Waals surface area (Å²) in [5, 5.41) is 2.56. The Kier molecular flexibility index (Phi) is 4.38. The molecular weight excluding hydrogens is 452 g/mol. The Bertz CT molecular complexity index is 1490. The molecule has 0 fully saturated rings. The zero-order chi connectivity index (χ0) is 21.9. The topological polar surface area (TPSA) is 0 Å². The molecule has 1 heteroatoms. The van der Waals surface area contributed by atoms with E-state index in [4.69, 9.17) is 0 Å². The molecule has 0 spiro atoms. The van der Waals surface area contributed by atoms with Crippen LogP contribution < -0.4 is 0 Å². The Hall–Kier alpha value is -3.16. The van der Waals surface area contributed by atoms with Gasteiger partial charge in [-0.15, -0.1) is 0 Å². The maximum Gasteiger partial charge on any atom is 0.0178 e. The van der Waals surface area contributed by atoms with E-state index in [1.54, 1.807) is 0 Å². The van der Waals surface area contributed by atoms with E-state index in [1.165, 1.54) is 55.3 Å². The van der Waals surface area contributed by atoms with E-state index in [0.29, 0.717) is 0 Å². The highest BCUT2D eigenvalue weighted by Crippen LogP contribution is 2.50. The van der Waals surface area contributed by atoms with E-state index in [9.17, 15) is 0 Å². The zero-order valence-electron chi connectivity index (χ0n) is 18.2. The normalized spacial score (nSPS) is 13.7. The highest BCUT2D eigenvalue weighted by Gasteiger charge is 2.35. The van der Waals surface area contributed by atoms with Crippen LogP contribution in [0.25, 0.3) is 44.2 Å². The van der Waals surface area contributed by atoms with Gasteiger partial charge in [-0.05, 0) is 79.5 Å². The summed E-state index contributed by atoms with van der Waals surface area (Å²) >= 11 is 3.65. The molecule has 0 heterocycles. The fourth-order valence-electron chi connectivity index (χ4n) is 5.11. The summed E-state index contributed by atoms with van der Waals surface area (Å²) in [7, 11) is 0. The smallest absolute Gasteiger partial charge is 0.0178 e. The van der Waals surface area contributed by atoms with Gasteiger partial charge in [-0.1, -0.05) is 109 Å². The van der Waals surface area contributed by atoms with Crippen LogP contribution in [0.5, 0.6) is 0 Å². The lowest BCUT2D eigenvalue weighted by molar-refractivity contribution is 0.660. The molecule has 6 rings (SSSR count). The second-order valence-corrected chi connectivity index (χ2v) is 10.1. The van der Waals surface area contributed by atoms with Crippen LogP contribution in [-0.4, -0.2) is 0 Å². The number of fused-ring (bicyclic) bond motifs is 4. The summed E-state index contributed by atoms with van der Waals surface area (Å²) in [6.45, 7) is 4.66. The highest BCUT2D eigenvalue weighted by atomic mass is 79.9. The number of rotatable bonds is 2. The average Bonchev–Trinajstić information content (AvgIpc) is 3.05. The number of benzene rings is 5. The van der Waals surface area contributed by atoms with Crippen LogP contribution in [0.4, 0.5) is 0 Å². The Morgan fingerprint density at radius 3 is 1.75 bits per heavy atom. The monoisotopic (exact) mass is 474 g/mol. The first-order valence-electron chi connectivity index (χ1n) is 11.1. The van der Waals surface area contributed by atoms with Gasteiger partial charge in [0.15, 0.2) is 0 Å². The lowest BCUT2D eigenvalue weighted by Gasteiger charge is -2.22. The van der Waals surface area contributed by atoms with Crippen LogP contribution in [-0.2, 0) is 5.41 Å². The van der Waals surface area contributed by atoms with Gasteiger partial charge in [-0.3, -0.25) is 0 Å². The molecule has 0 amide bonds. The van der Waals surface area contributed by atoms with Gasteiger partial charge in [-0.25, -0.2) is 0 Å². The van der Waals surface area contributed by atoms with Crippen LogP contribution in [0, 0.1) is 0 Å². The van der Waals surface area contributed by atoms with Gasteiger partial charge in [0.25, 0.3) is 0 Å². The van der Waals surface area contributed by atoms with Crippen LogP contribution in [0.2, 0.25) is 0 Å². The van der Waals surface area contributed by atoms with Crippen molar-refractivity contribution in [1.82, 2.24) is 0 Å². The molecule has 5 aromatic carbocycles. The summed E-state index contributed by atoms with van der Waals surface area (Å²) in [5.74, 6) is 0. The summed E-state index contributed by atoms with van der Waals surface area (Å²) in [6, 6.07) is 37.8. The number of hydrogen-bond acceptors (Lipinski definition) is 0. The number of hydrogen-bond donors (Lipinski definition) is 0. The van der Waals surface area contributed by atoms with Gasteiger partial charge in [0, 0.05) is 9.89 Å². The maximum atomic E-state index is 3.65. The summed E-state index contributed by atoms with van der Waals surface area (Å²) in [4.78, 5) is 0. The molecule has 0 aliphatic heterocycles. The largest absolute Gasteiger partial charge is 0.0616 e. The van der Waals surface area contributed by atoms with Crippen LogP contribution in [0.15, 0.2) is 108 Å². The summed E-state index contributed by atoms with van der Waals surface area (Å²) < 4.78 is 1.14. The van der Waals surface area contributed by atoms with Crippen molar-refractivity contribution in [3.8, 4) is 33.4 Å². The minimum Gasteiger partial charge on any atom is -0.0616 e. The molecule has 0 aromatic heterocycles.